The number of hydrogen-bond donors (Lipinski definition) is 2. The number of ether oxygens (including phenoxy) is 1. The van der Waals surface area contributed by atoms with Crippen molar-refractivity contribution in [3.05, 3.63) is 23.5 Å². The van der Waals surface area contributed by atoms with E-state index in [0.717, 1.165) is 11.3 Å². The molecular weight excluding hydrogens is 242 g/mol. The number of rotatable bonds is 1. The zero-order valence-corrected chi connectivity index (χ0v) is 11.7. The molecule has 19 heavy (non-hydrogen) atoms. The number of nitrogens with one attached hydrogen (secondary N) is 1. The summed E-state index contributed by atoms with van der Waals surface area (Å²) in [7, 11) is 0. The molecule has 0 fully saturated rings. The van der Waals surface area contributed by atoms with Crippen LogP contribution < -0.4 is 11.1 Å². The fourth-order valence-corrected chi connectivity index (χ4v) is 1.25. The smallest absolute Gasteiger partial charge is 0.408 e. The van der Waals surface area contributed by atoms with Crippen LogP contribution in [0.2, 0.25) is 0 Å². The van der Waals surface area contributed by atoms with Crippen LogP contribution in [0.3, 0.4) is 0 Å². The van der Waals surface area contributed by atoms with Gasteiger partial charge in [-0.3, -0.25) is 4.98 Å². The van der Waals surface area contributed by atoms with Crippen molar-refractivity contribution in [2.45, 2.75) is 33.3 Å². The lowest BCUT2D eigenvalue weighted by Crippen LogP contribution is -2.32. The van der Waals surface area contributed by atoms with Gasteiger partial charge >= 0.3 is 6.09 Å². The molecule has 0 aliphatic heterocycles. The molecule has 3 N–H and O–H groups in total. The molecule has 0 atom stereocenters. The van der Waals surface area contributed by atoms with Gasteiger partial charge in [0.1, 0.15) is 5.60 Å². The molecule has 5 heteroatoms. The number of alkyl carbamates (subject to hydrolysis) is 1. The van der Waals surface area contributed by atoms with Crippen LogP contribution in [0, 0.1) is 18.8 Å². The molecule has 1 heterocycles. The number of hydrogen-bond acceptors (Lipinski definition) is 4. The number of carbonyl (C=O) groups is 1. The van der Waals surface area contributed by atoms with Crippen molar-refractivity contribution >= 4 is 11.8 Å². The first-order chi connectivity index (χ1) is 8.78. The molecule has 0 radical (unpaired) electrons. The molecule has 0 saturated heterocycles. The van der Waals surface area contributed by atoms with Crippen molar-refractivity contribution in [2.24, 2.45) is 0 Å². The Hall–Kier alpha value is -2.22. The first-order valence-corrected chi connectivity index (χ1v) is 5.96. The third-order valence-electron chi connectivity index (χ3n) is 2.05. The van der Waals surface area contributed by atoms with Gasteiger partial charge in [0.25, 0.3) is 0 Å². The molecule has 5 nitrogen and oxygen atoms in total. The van der Waals surface area contributed by atoms with E-state index in [1.807, 2.05) is 6.92 Å². The SMILES string of the molecule is Cc1ncc(N)cc1C#CCNC(=O)OC(C)(C)C. The normalized spacial score (nSPS) is 10.3. The summed E-state index contributed by atoms with van der Waals surface area (Å²) in [5.74, 6) is 5.74. The van der Waals surface area contributed by atoms with Crippen LogP contribution in [0.15, 0.2) is 12.3 Å². The lowest BCUT2D eigenvalue weighted by Gasteiger charge is -2.19. The van der Waals surface area contributed by atoms with Crippen molar-refractivity contribution < 1.29 is 9.53 Å². The first-order valence-electron chi connectivity index (χ1n) is 5.96. The highest BCUT2D eigenvalue weighted by Crippen LogP contribution is 2.07. The second kappa shape index (κ2) is 6.10. The summed E-state index contributed by atoms with van der Waals surface area (Å²) in [4.78, 5) is 15.5. The summed E-state index contributed by atoms with van der Waals surface area (Å²) in [6, 6.07) is 1.75. The highest BCUT2D eigenvalue weighted by atomic mass is 16.6. The van der Waals surface area contributed by atoms with E-state index in [2.05, 4.69) is 22.1 Å². The molecule has 0 saturated carbocycles. The summed E-state index contributed by atoms with van der Waals surface area (Å²) in [5.41, 5.74) is 7.25. The van der Waals surface area contributed by atoms with Crippen LogP contribution >= 0.6 is 0 Å². The van der Waals surface area contributed by atoms with E-state index in [-0.39, 0.29) is 6.54 Å². The quantitative estimate of drug-likeness (QED) is 0.756. The Morgan fingerprint density at radius 1 is 1.53 bits per heavy atom. The van der Waals surface area contributed by atoms with Gasteiger partial charge < -0.3 is 15.8 Å². The minimum absolute atomic E-state index is 0.211. The number of nitrogens with zero attached hydrogens (tertiary/aromatic N) is 1. The monoisotopic (exact) mass is 261 g/mol. The summed E-state index contributed by atoms with van der Waals surface area (Å²) in [6.07, 6.45) is 1.10. The maximum Gasteiger partial charge on any atom is 0.408 e. The summed E-state index contributed by atoms with van der Waals surface area (Å²) in [6.45, 7) is 7.48. The van der Waals surface area contributed by atoms with Crippen LogP contribution in [-0.4, -0.2) is 23.2 Å². The molecule has 102 valence electrons. The van der Waals surface area contributed by atoms with Crippen molar-refractivity contribution in [3.8, 4) is 11.8 Å². The van der Waals surface area contributed by atoms with Gasteiger partial charge in [-0.15, -0.1) is 0 Å². The Labute approximate surface area is 113 Å². The minimum atomic E-state index is -0.508. The van der Waals surface area contributed by atoms with E-state index in [4.69, 9.17) is 10.5 Å². The van der Waals surface area contributed by atoms with Crippen LogP contribution in [0.5, 0.6) is 0 Å². The fraction of sp³-hybridized carbons (Fsp3) is 0.429. The van der Waals surface area contributed by atoms with Gasteiger partial charge in [0.2, 0.25) is 0 Å². The summed E-state index contributed by atoms with van der Waals surface area (Å²) < 4.78 is 5.08. The number of carbonyl (C=O) groups excluding carboxylic acids is 1. The van der Waals surface area contributed by atoms with Gasteiger partial charge in [0.15, 0.2) is 0 Å². The molecule has 1 aromatic rings. The molecule has 0 bridgehead atoms. The van der Waals surface area contributed by atoms with Gasteiger partial charge in [-0.1, -0.05) is 11.8 Å². The average molecular weight is 261 g/mol. The number of aromatic nitrogens is 1. The van der Waals surface area contributed by atoms with Gasteiger partial charge in [-0.25, -0.2) is 4.79 Å². The fourth-order valence-electron chi connectivity index (χ4n) is 1.25. The van der Waals surface area contributed by atoms with E-state index in [0.29, 0.717) is 5.69 Å². The number of anilines is 1. The molecule has 1 aromatic heterocycles. The second-order valence-corrected chi connectivity index (χ2v) is 5.06. The van der Waals surface area contributed by atoms with Crippen molar-refractivity contribution in [2.75, 3.05) is 12.3 Å². The molecule has 0 aromatic carbocycles. The number of nitrogens with two attached hydrogens (primary N) is 1. The van der Waals surface area contributed by atoms with Gasteiger partial charge in [-0.05, 0) is 33.8 Å². The van der Waals surface area contributed by atoms with Crippen LogP contribution in [0.4, 0.5) is 10.5 Å². The van der Waals surface area contributed by atoms with Gasteiger partial charge in [0.05, 0.1) is 24.1 Å². The van der Waals surface area contributed by atoms with Crippen molar-refractivity contribution in [1.29, 1.82) is 0 Å². The second-order valence-electron chi connectivity index (χ2n) is 5.06. The highest BCUT2D eigenvalue weighted by molar-refractivity contribution is 5.68. The lowest BCUT2D eigenvalue weighted by molar-refractivity contribution is 0.0535. The number of aryl methyl sites for hydroxylation is 1. The Balaban J connectivity index is 2.52. The molecule has 1 rings (SSSR count). The van der Waals surface area contributed by atoms with Crippen LogP contribution in [-0.2, 0) is 4.74 Å². The van der Waals surface area contributed by atoms with Crippen molar-refractivity contribution in [3.63, 3.8) is 0 Å². The topological polar surface area (TPSA) is 77.2 Å². The van der Waals surface area contributed by atoms with Gasteiger partial charge in [0, 0.05) is 5.56 Å². The summed E-state index contributed by atoms with van der Waals surface area (Å²) >= 11 is 0. The highest BCUT2D eigenvalue weighted by Gasteiger charge is 2.14. The van der Waals surface area contributed by atoms with E-state index in [9.17, 15) is 4.79 Å². The molecule has 0 aliphatic carbocycles. The third-order valence-corrected chi connectivity index (χ3v) is 2.05. The van der Waals surface area contributed by atoms with E-state index < -0.39 is 11.7 Å². The Morgan fingerprint density at radius 3 is 2.84 bits per heavy atom. The zero-order valence-electron chi connectivity index (χ0n) is 11.7. The van der Waals surface area contributed by atoms with E-state index in [1.165, 1.54) is 0 Å². The minimum Gasteiger partial charge on any atom is -0.444 e. The van der Waals surface area contributed by atoms with E-state index in [1.54, 1.807) is 33.0 Å². The molecule has 0 spiro atoms. The predicted molar refractivity (Wildman–Crippen MR) is 74.5 cm³/mol. The van der Waals surface area contributed by atoms with Crippen LogP contribution in [0.25, 0.3) is 0 Å². The van der Waals surface area contributed by atoms with Gasteiger partial charge in [-0.2, -0.15) is 0 Å². The predicted octanol–water partition coefficient (Wildman–Crippen LogP) is 1.85. The lowest BCUT2D eigenvalue weighted by atomic mass is 10.2. The molecule has 1 amide bonds. The maximum absolute atomic E-state index is 11.4. The maximum atomic E-state index is 11.4. The van der Waals surface area contributed by atoms with Crippen molar-refractivity contribution in [1.82, 2.24) is 10.3 Å². The Bertz CT molecular complexity index is 522. The Kier molecular flexibility index (Phi) is 4.76. The molecule has 0 unspecified atom stereocenters. The number of amides is 1. The first kappa shape index (κ1) is 14.8. The van der Waals surface area contributed by atoms with E-state index >= 15 is 0 Å². The number of pyridine rings is 1. The number of nitrogen functional groups attached to an aromatic ring is 1. The molecular formula is C14H19N3O2. The standard InChI is InChI=1S/C14H19N3O2/c1-10-11(8-12(15)9-17-10)6-5-7-16-13(18)19-14(2,3)4/h8-9H,7,15H2,1-4H3,(H,16,18). The largest absolute Gasteiger partial charge is 0.444 e. The Morgan fingerprint density at radius 2 is 2.21 bits per heavy atom. The third kappa shape index (κ3) is 5.77. The summed E-state index contributed by atoms with van der Waals surface area (Å²) in [5, 5.41) is 2.56. The van der Waals surface area contributed by atoms with Crippen LogP contribution in [0.1, 0.15) is 32.0 Å². The average Bonchev–Trinajstić information content (AvgIpc) is 2.26. The molecule has 0 aliphatic rings. The zero-order chi connectivity index (χ0) is 14.5.